The van der Waals surface area contributed by atoms with Crippen molar-refractivity contribution >= 4 is 51.1 Å². The molecule has 2 N–H and O–H groups in total. The van der Waals surface area contributed by atoms with Crippen LogP contribution in [0.15, 0.2) is 53.0 Å². The van der Waals surface area contributed by atoms with Gasteiger partial charge in [-0.3, -0.25) is 24.2 Å². The summed E-state index contributed by atoms with van der Waals surface area (Å²) in [6, 6.07) is 13.3. The first-order chi connectivity index (χ1) is 14.6. The van der Waals surface area contributed by atoms with Crippen LogP contribution in [0.1, 0.15) is 26.3 Å². The van der Waals surface area contributed by atoms with E-state index < -0.39 is 35.5 Å². The number of para-hydroxylation sites is 2. The zero-order valence-electron chi connectivity index (χ0n) is 17.2. The standard InChI is InChI=1S/C22H21BrN4O4/c1-21(2)18(29)24-15-9-4-5-10-16(15)27(21)17(28)12-26-19(30)22(3,25-20(26)31)13-7-6-8-14(23)11-13/h4-11H,12H2,1-3H3,(H,24,29)(H,25,31). The zero-order valence-corrected chi connectivity index (χ0v) is 18.8. The van der Waals surface area contributed by atoms with Crippen LogP contribution in [-0.2, 0) is 19.9 Å². The van der Waals surface area contributed by atoms with Crippen molar-refractivity contribution < 1.29 is 19.2 Å². The van der Waals surface area contributed by atoms with Crippen LogP contribution in [0.2, 0.25) is 0 Å². The average molecular weight is 485 g/mol. The van der Waals surface area contributed by atoms with Gasteiger partial charge in [-0.05, 0) is 50.6 Å². The number of nitrogens with zero attached hydrogens (tertiary/aromatic N) is 2. The molecule has 1 unspecified atom stereocenters. The van der Waals surface area contributed by atoms with E-state index in [-0.39, 0.29) is 5.91 Å². The van der Waals surface area contributed by atoms with E-state index in [1.807, 2.05) is 6.07 Å². The fourth-order valence-corrected chi connectivity index (χ4v) is 4.34. The maximum Gasteiger partial charge on any atom is 0.325 e. The smallest absolute Gasteiger partial charge is 0.322 e. The first-order valence-corrected chi connectivity index (χ1v) is 10.5. The van der Waals surface area contributed by atoms with E-state index in [0.717, 1.165) is 9.37 Å². The normalized spacial score (nSPS) is 22.1. The number of hydrogen-bond donors (Lipinski definition) is 2. The van der Waals surface area contributed by atoms with E-state index in [1.165, 1.54) is 4.90 Å². The lowest BCUT2D eigenvalue weighted by Gasteiger charge is -2.42. The minimum atomic E-state index is -1.30. The summed E-state index contributed by atoms with van der Waals surface area (Å²) in [6.07, 6.45) is 0. The number of halogens is 1. The highest BCUT2D eigenvalue weighted by Gasteiger charge is 2.51. The molecule has 9 heteroatoms. The molecule has 0 spiro atoms. The number of carbonyl (C=O) groups excluding carboxylic acids is 4. The van der Waals surface area contributed by atoms with Crippen LogP contribution in [0.5, 0.6) is 0 Å². The molecule has 0 aromatic heterocycles. The predicted octanol–water partition coefficient (Wildman–Crippen LogP) is 2.98. The highest BCUT2D eigenvalue weighted by molar-refractivity contribution is 9.10. The maximum atomic E-state index is 13.3. The zero-order chi connectivity index (χ0) is 22.6. The third-order valence-corrected chi connectivity index (χ3v) is 6.22. The van der Waals surface area contributed by atoms with E-state index in [9.17, 15) is 19.2 Å². The van der Waals surface area contributed by atoms with Gasteiger partial charge in [-0.25, -0.2) is 4.79 Å². The Bertz CT molecular complexity index is 1130. The SMILES string of the molecule is CC1(c2cccc(Br)c2)NC(=O)N(CC(=O)N2c3ccccc3NC(=O)C2(C)C)C1=O. The molecule has 0 saturated carbocycles. The van der Waals surface area contributed by atoms with Crippen molar-refractivity contribution in [3.63, 3.8) is 0 Å². The van der Waals surface area contributed by atoms with E-state index >= 15 is 0 Å². The minimum Gasteiger partial charge on any atom is -0.322 e. The first kappa shape index (κ1) is 21.0. The Kier molecular flexibility index (Phi) is 4.88. The van der Waals surface area contributed by atoms with Crippen LogP contribution in [0.25, 0.3) is 0 Å². The Morgan fingerprint density at radius 2 is 1.74 bits per heavy atom. The Morgan fingerprint density at radius 1 is 1.03 bits per heavy atom. The van der Waals surface area contributed by atoms with E-state index in [1.54, 1.807) is 63.2 Å². The number of fused-ring (bicyclic) bond motifs is 1. The van der Waals surface area contributed by atoms with Crippen molar-refractivity contribution in [3.05, 3.63) is 58.6 Å². The lowest BCUT2D eigenvalue weighted by molar-refractivity contribution is -0.134. The number of hydrogen-bond acceptors (Lipinski definition) is 4. The molecule has 1 saturated heterocycles. The molecule has 8 nitrogen and oxygen atoms in total. The van der Waals surface area contributed by atoms with Gasteiger partial charge in [0.15, 0.2) is 0 Å². The summed E-state index contributed by atoms with van der Waals surface area (Å²) in [5.74, 6) is -1.42. The van der Waals surface area contributed by atoms with Crippen LogP contribution >= 0.6 is 15.9 Å². The molecule has 0 aliphatic carbocycles. The molecule has 2 heterocycles. The summed E-state index contributed by atoms with van der Waals surface area (Å²) in [7, 11) is 0. The molecular formula is C22H21BrN4O4. The van der Waals surface area contributed by atoms with Crippen molar-refractivity contribution in [2.75, 3.05) is 16.8 Å². The summed E-state index contributed by atoms with van der Waals surface area (Å²) in [6.45, 7) is 4.35. The van der Waals surface area contributed by atoms with Gasteiger partial charge < -0.3 is 10.6 Å². The van der Waals surface area contributed by atoms with Crippen LogP contribution in [0.3, 0.4) is 0 Å². The molecule has 160 valence electrons. The van der Waals surface area contributed by atoms with Gasteiger partial charge in [0.25, 0.3) is 5.91 Å². The molecule has 2 aliphatic heterocycles. The Hall–Kier alpha value is -3.20. The number of anilines is 2. The second-order valence-corrected chi connectivity index (χ2v) is 9.13. The van der Waals surface area contributed by atoms with Gasteiger partial charge in [-0.15, -0.1) is 0 Å². The molecule has 1 atom stereocenters. The third-order valence-electron chi connectivity index (χ3n) is 5.73. The molecule has 2 aliphatic rings. The summed E-state index contributed by atoms with van der Waals surface area (Å²) < 4.78 is 0.764. The molecular weight excluding hydrogens is 464 g/mol. The first-order valence-electron chi connectivity index (χ1n) is 9.69. The molecule has 0 bridgehead atoms. The highest BCUT2D eigenvalue weighted by Crippen LogP contribution is 2.37. The quantitative estimate of drug-likeness (QED) is 0.654. The van der Waals surface area contributed by atoms with E-state index in [2.05, 4.69) is 26.6 Å². The van der Waals surface area contributed by atoms with Gasteiger partial charge in [0.05, 0.1) is 11.4 Å². The number of amides is 5. The maximum absolute atomic E-state index is 13.3. The second-order valence-electron chi connectivity index (χ2n) is 8.22. The number of nitrogens with one attached hydrogen (secondary N) is 2. The molecule has 2 aromatic rings. The summed E-state index contributed by atoms with van der Waals surface area (Å²) in [5.41, 5.74) is -0.889. The molecule has 1 fully saturated rings. The molecule has 31 heavy (non-hydrogen) atoms. The van der Waals surface area contributed by atoms with Gasteiger partial charge >= 0.3 is 6.03 Å². The Labute approximate surface area is 187 Å². The van der Waals surface area contributed by atoms with Crippen LogP contribution in [0.4, 0.5) is 16.2 Å². The highest BCUT2D eigenvalue weighted by atomic mass is 79.9. The summed E-state index contributed by atoms with van der Waals surface area (Å²) in [5, 5.41) is 5.49. The average Bonchev–Trinajstić information content (AvgIpc) is 2.92. The van der Waals surface area contributed by atoms with Gasteiger partial charge in [0.2, 0.25) is 11.8 Å². The number of benzene rings is 2. The Balaban J connectivity index is 1.65. The van der Waals surface area contributed by atoms with Crippen LogP contribution < -0.4 is 15.5 Å². The van der Waals surface area contributed by atoms with E-state index in [4.69, 9.17) is 0 Å². The third kappa shape index (κ3) is 3.29. The fraction of sp³-hybridized carbons (Fsp3) is 0.273. The lowest BCUT2D eigenvalue weighted by Crippen LogP contribution is -2.60. The number of rotatable bonds is 3. The number of urea groups is 1. The van der Waals surface area contributed by atoms with Crippen molar-refractivity contribution in [1.82, 2.24) is 10.2 Å². The number of imide groups is 1. The number of carbonyl (C=O) groups is 4. The lowest BCUT2D eigenvalue weighted by atomic mass is 9.92. The van der Waals surface area contributed by atoms with Crippen LogP contribution in [0, 0.1) is 0 Å². The van der Waals surface area contributed by atoms with Gasteiger partial charge in [0.1, 0.15) is 17.6 Å². The second kappa shape index (κ2) is 7.19. The van der Waals surface area contributed by atoms with Crippen molar-refractivity contribution in [2.24, 2.45) is 0 Å². The van der Waals surface area contributed by atoms with Gasteiger partial charge in [0, 0.05) is 4.47 Å². The predicted molar refractivity (Wildman–Crippen MR) is 118 cm³/mol. The largest absolute Gasteiger partial charge is 0.325 e. The fourth-order valence-electron chi connectivity index (χ4n) is 3.94. The molecule has 0 radical (unpaired) electrons. The Morgan fingerprint density at radius 3 is 2.45 bits per heavy atom. The monoisotopic (exact) mass is 484 g/mol. The van der Waals surface area contributed by atoms with Gasteiger partial charge in [-0.1, -0.05) is 40.2 Å². The van der Waals surface area contributed by atoms with Crippen LogP contribution in [-0.4, -0.2) is 40.7 Å². The molecule has 5 amide bonds. The summed E-state index contributed by atoms with van der Waals surface area (Å²) in [4.78, 5) is 54.1. The van der Waals surface area contributed by atoms with Gasteiger partial charge in [-0.2, -0.15) is 0 Å². The van der Waals surface area contributed by atoms with Crippen molar-refractivity contribution in [3.8, 4) is 0 Å². The minimum absolute atomic E-state index is 0.351. The van der Waals surface area contributed by atoms with Crippen molar-refractivity contribution in [2.45, 2.75) is 31.8 Å². The van der Waals surface area contributed by atoms with Crippen molar-refractivity contribution in [1.29, 1.82) is 0 Å². The molecule has 2 aromatic carbocycles. The topological polar surface area (TPSA) is 98.8 Å². The summed E-state index contributed by atoms with van der Waals surface area (Å²) >= 11 is 3.37. The van der Waals surface area contributed by atoms with E-state index in [0.29, 0.717) is 16.9 Å². The molecule has 4 rings (SSSR count).